The van der Waals surface area contributed by atoms with Crippen LogP contribution >= 0.6 is 27.7 Å². The maximum absolute atomic E-state index is 12.4. The topological polar surface area (TPSA) is 57.6 Å². The van der Waals surface area contributed by atoms with Gasteiger partial charge in [0.05, 0.1) is 11.2 Å². The molecule has 0 saturated heterocycles. The number of hydrogen-bond acceptors (Lipinski definition) is 3. The number of carbonyl (C=O) groups excluding carboxylic acids is 1. The molecule has 1 N–H and O–H groups in total. The number of carbonyl (C=O) groups is 2. The summed E-state index contributed by atoms with van der Waals surface area (Å²) < 4.78 is 0.353. The van der Waals surface area contributed by atoms with Crippen LogP contribution in [-0.4, -0.2) is 40.2 Å². The summed E-state index contributed by atoms with van der Waals surface area (Å²) in [7, 11) is 1.63. The predicted molar refractivity (Wildman–Crippen MR) is 84.0 cm³/mol. The van der Waals surface area contributed by atoms with E-state index in [1.54, 1.807) is 7.05 Å². The fourth-order valence-electron chi connectivity index (χ4n) is 1.67. The lowest BCUT2D eigenvalue weighted by Crippen LogP contribution is -2.41. The first-order chi connectivity index (χ1) is 9.22. The molecular formula is C14H18BrNO3S. The molecule has 0 radical (unpaired) electrons. The minimum absolute atomic E-state index is 0.0404. The molecule has 0 spiro atoms. The van der Waals surface area contributed by atoms with Gasteiger partial charge in [-0.3, -0.25) is 9.59 Å². The average Bonchev–Trinajstić information content (AvgIpc) is 2.37. The Labute approximate surface area is 131 Å². The highest BCUT2D eigenvalue weighted by molar-refractivity contribution is 9.10. The van der Waals surface area contributed by atoms with Crippen molar-refractivity contribution in [2.24, 2.45) is 0 Å². The lowest BCUT2D eigenvalue weighted by molar-refractivity contribution is -0.138. The van der Waals surface area contributed by atoms with Crippen LogP contribution in [0.1, 0.15) is 20.3 Å². The number of halogens is 1. The molecule has 1 aromatic rings. The van der Waals surface area contributed by atoms with Crippen LogP contribution in [0.25, 0.3) is 0 Å². The standard InChI is InChI=1S/C14H18BrNO3S/c1-14(2,13(19)16(3)9-8-12(17)18)20-11-6-4-10(15)5-7-11/h4-7H,8-9H2,1-3H3,(H,17,18). The number of nitrogens with zero attached hydrogens (tertiary/aromatic N) is 1. The van der Waals surface area contributed by atoms with Gasteiger partial charge in [-0.15, -0.1) is 11.8 Å². The van der Waals surface area contributed by atoms with Crippen LogP contribution in [0.2, 0.25) is 0 Å². The largest absolute Gasteiger partial charge is 0.481 e. The molecule has 0 aliphatic carbocycles. The molecule has 0 saturated carbocycles. The SMILES string of the molecule is CN(CCC(=O)O)C(=O)C(C)(C)Sc1ccc(Br)cc1. The van der Waals surface area contributed by atoms with Crippen LogP contribution in [0.15, 0.2) is 33.6 Å². The first-order valence-corrected chi connectivity index (χ1v) is 7.75. The Morgan fingerprint density at radius 2 is 1.85 bits per heavy atom. The number of rotatable bonds is 6. The third-order valence-corrected chi connectivity index (χ3v) is 4.43. The summed E-state index contributed by atoms with van der Waals surface area (Å²) in [5.41, 5.74) is 0. The number of aliphatic carboxylic acids is 1. The first-order valence-electron chi connectivity index (χ1n) is 6.14. The number of thioether (sulfide) groups is 1. The Balaban J connectivity index is 2.69. The van der Waals surface area contributed by atoms with E-state index < -0.39 is 10.7 Å². The lowest BCUT2D eigenvalue weighted by atomic mass is 10.2. The van der Waals surface area contributed by atoms with E-state index in [1.807, 2.05) is 38.1 Å². The number of amides is 1. The third-order valence-electron chi connectivity index (χ3n) is 2.71. The number of hydrogen-bond donors (Lipinski definition) is 1. The van der Waals surface area contributed by atoms with Gasteiger partial charge in [0.15, 0.2) is 0 Å². The predicted octanol–water partition coefficient (Wildman–Crippen LogP) is 3.25. The summed E-state index contributed by atoms with van der Waals surface area (Å²) in [6.07, 6.45) is -0.0404. The highest BCUT2D eigenvalue weighted by atomic mass is 79.9. The zero-order valence-corrected chi connectivity index (χ0v) is 14.1. The van der Waals surface area contributed by atoms with Gasteiger partial charge in [-0.05, 0) is 38.1 Å². The van der Waals surface area contributed by atoms with E-state index in [0.717, 1.165) is 9.37 Å². The Morgan fingerprint density at radius 1 is 1.30 bits per heavy atom. The van der Waals surface area contributed by atoms with Crippen molar-refractivity contribution >= 4 is 39.6 Å². The molecule has 1 aromatic carbocycles. The maximum Gasteiger partial charge on any atom is 0.305 e. The van der Waals surface area contributed by atoms with Crippen LogP contribution in [-0.2, 0) is 9.59 Å². The molecule has 0 fully saturated rings. The molecule has 0 aromatic heterocycles. The van der Waals surface area contributed by atoms with Crippen molar-refractivity contribution in [3.63, 3.8) is 0 Å². The van der Waals surface area contributed by atoms with E-state index >= 15 is 0 Å². The van der Waals surface area contributed by atoms with Gasteiger partial charge in [-0.1, -0.05) is 15.9 Å². The van der Waals surface area contributed by atoms with Crippen LogP contribution < -0.4 is 0 Å². The molecular weight excluding hydrogens is 342 g/mol. The highest BCUT2D eigenvalue weighted by Gasteiger charge is 2.31. The summed E-state index contributed by atoms with van der Waals surface area (Å²) in [6, 6.07) is 7.75. The Hall–Kier alpha value is -1.01. The molecule has 0 heterocycles. The fraction of sp³-hybridized carbons (Fsp3) is 0.429. The molecule has 0 atom stereocenters. The molecule has 0 bridgehead atoms. The maximum atomic E-state index is 12.4. The van der Waals surface area contributed by atoms with Crippen LogP contribution in [0, 0.1) is 0 Å². The fourth-order valence-corrected chi connectivity index (χ4v) is 3.03. The minimum atomic E-state index is -0.900. The molecule has 4 nitrogen and oxygen atoms in total. The van der Waals surface area contributed by atoms with E-state index in [4.69, 9.17) is 5.11 Å². The third kappa shape index (κ3) is 5.17. The van der Waals surface area contributed by atoms with Crippen molar-refractivity contribution in [3.8, 4) is 0 Å². The molecule has 20 heavy (non-hydrogen) atoms. The van der Waals surface area contributed by atoms with Gasteiger partial charge in [-0.25, -0.2) is 0 Å². The quantitative estimate of drug-likeness (QED) is 0.792. The second kappa shape index (κ2) is 7.13. The van der Waals surface area contributed by atoms with Crippen molar-refractivity contribution in [1.82, 2.24) is 4.90 Å². The monoisotopic (exact) mass is 359 g/mol. The van der Waals surface area contributed by atoms with Crippen LogP contribution in [0.4, 0.5) is 0 Å². The summed E-state index contributed by atoms with van der Waals surface area (Å²) >= 11 is 4.84. The van der Waals surface area contributed by atoms with Crippen molar-refractivity contribution in [2.45, 2.75) is 29.9 Å². The van der Waals surface area contributed by atoms with Crippen molar-refractivity contribution in [2.75, 3.05) is 13.6 Å². The van der Waals surface area contributed by atoms with Gasteiger partial charge >= 0.3 is 5.97 Å². The van der Waals surface area contributed by atoms with Gasteiger partial charge in [0.1, 0.15) is 0 Å². The molecule has 0 aliphatic heterocycles. The summed E-state index contributed by atoms with van der Waals surface area (Å²) in [5, 5.41) is 8.66. The molecule has 0 aliphatic rings. The number of benzene rings is 1. The molecule has 6 heteroatoms. The van der Waals surface area contributed by atoms with E-state index in [-0.39, 0.29) is 18.9 Å². The zero-order valence-electron chi connectivity index (χ0n) is 11.7. The Bertz CT molecular complexity index is 488. The van der Waals surface area contributed by atoms with Gasteiger partial charge < -0.3 is 10.0 Å². The highest BCUT2D eigenvalue weighted by Crippen LogP contribution is 2.34. The molecule has 1 rings (SSSR count). The average molecular weight is 360 g/mol. The molecule has 1 amide bonds. The van der Waals surface area contributed by atoms with Gasteiger partial charge in [0.2, 0.25) is 5.91 Å². The van der Waals surface area contributed by atoms with Crippen LogP contribution in [0.5, 0.6) is 0 Å². The van der Waals surface area contributed by atoms with E-state index in [1.165, 1.54) is 16.7 Å². The van der Waals surface area contributed by atoms with Crippen molar-refractivity contribution in [1.29, 1.82) is 0 Å². The summed E-state index contributed by atoms with van der Waals surface area (Å²) in [6.45, 7) is 3.91. The summed E-state index contributed by atoms with van der Waals surface area (Å²) in [5.74, 6) is -0.977. The van der Waals surface area contributed by atoms with Gasteiger partial charge in [-0.2, -0.15) is 0 Å². The lowest BCUT2D eigenvalue weighted by Gasteiger charge is -2.28. The summed E-state index contributed by atoms with van der Waals surface area (Å²) in [4.78, 5) is 25.4. The van der Waals surface area contributed by atoms with Gasteiger partial charge in [0.25, 0.3) is 0 Å². The zero-order chi connectivity index (χ0) is 15.3. The molecule has 0 unspecified atom stereocenters. The Morgan fingerprint density at radius 3 is 2.35 bits per heavy atom. The van der Waals surface area contributed by atoms with E-state index in [0.29, 0.717) is 0 Å². The second-order valence-electron chi connectivity index (χ2n) is 4.94. The Kier molecular flexibility index (Phi) is 6.07. The van der Waals surface area contributed by atoms with E-state index in [9.17, 15) is 9.59 Å². The van der Waals surface area contributed by atoms with E-state index in [2.05, 4.69) is 15.9 Å². The first kappa shape index (κ1) is 17.0. The molecule has 110 valence electrons. The number of carboxylic acid groups (broad SMARTS) is 1. The van der Waals surface area contributed by atoms with Crippen molar-refractivity contribution in [3.05, 3.63) is 28.7 Å². The minimum Gasteiger partial charge on any atom is -0.481 e. The second-order valence-corrected chi connectivity index (χ2v) is 7.55. The smallest absolute Gasteiger partial charge is 0.305 e. The van der Waals surface area contributed by atoms with Crippen LogP contribution in [0.3, 0.4) is 0 Å². The normalized spacial score (nSPS) is 11.2. The van der Waals surface area contributed by atoms with Gasteiger partial charge in [0, 0.05) is 23.0 Å². The number of carboxylic acids is 1. The van der Waals surface area contributed by atoms with Crippen molar-refractivity contribution < 1.29 is 14.7 Å².